The van der Waals surface area contributed by atoms with Crippen LogP contribution in [0.25, 0.3) is 0 Å². The highest BCUT2D eigenvalue weighted by molar-refractivity contribution is 6.20. The summed E-state index contributed by atoms with van der Waals surface area (Å²) in [4.78, 5) is 24.1. The van der Waals surface area contributed by atoms with Crippen molar-refractivity contribution < 1.29 is 9.72 Å². The quantitative estimate of drug-likeness (QED) is 0.474. The van der Waals surface area contributed by atoms with E-state index in [2.05, 4.69) is 0 Å². The first-order chi connectivity index (χ1) is 8.84. The summed E-state index contributed by atoms with van der Waals surface area (Å²) in [5, 5.41) is 10.8. The van der Waals surface area contributed by atoms with E-state index in [9.17, 15) is 14.9 Å². The first kappa shape index (κ1) is 15.4. The standard InChI is InChI=1S/C13H17ClN2O3/c1-9(14)7-8-15(3)13(17)11-5-4-6-12(10(11)2)16(18)19/h4-6,9H,7-8H2,1-3H3. The molecule has 0 aromatic heterocycles. The van der Waals surface area contributed by atoms with Gasteiger partial charge in [-0.1, -0.05) is 6.07 Å². The van der Waals surface area contributed by atoms with Gasteiger partial charge in [-0.2, -0.15) is 0 Å². The number of halogens is 1. The molecule has 0 radical (unpaired) electrons. The van der Waals surface area contributed by atoms with Crippen molar-refractivity contribution in [1.82, 2.24) is 4.90 Å². The number of carbonyl (C=O) groups excluding carboxylic acids is 1. The monoisotopic (exact) mass is 284 g/mol. The van der Waals surface area contributed by atoms with Crippen molar-refractivity contribution >= 4 is 23.2 Å². The predicted molar refractivity (Wildman–Crippen MR) is 74.7 cm³/mol. The van der Waals surface area contributed by atoms with Crippen molar-refractivity contribution in [3.8, 4) is 0 Å². The summed E-state index contributed by atoms with van der Waals surface area (Å²) in [6, 6.07) is 4.52. The lowest BCUT2D eigenvalue weighted by molar-refractivity contribution is -0.385. The van der Waals surface area contributed by atoms with Gasteiger partial charge in [0.15, 0.2) is 0 Å². The lowest BCUT2D eigenvalue weighted by Crippen LogP contribution is -2.29. The van der Waals surface area contributed by atoms with Crippen LogP contribution in [0.4, 0.5) is 5.69 Å². The Bertz CT molecular complexity index is 489. The average Bonchev–Trinajstić information content (AvgIpc) is 2.34. The topological polar surface area (TPSA) is 63.5 Å². The Morgan fingerprint density at radius 2 is 2.16 bits per heavy atom. The molecular formula is C13H17ClN2O3. The highest BCUT2D eigenvalue weighted by atomic mass is 35.5. The van der Waals surface area contributed by atoms with Gasteiger partial charge in [-0.15, -0.1) is 11.6 Å². The van der Waals surface area contributed by atoms with Gasteiger partial charge in [0, 0.05) is 36.2 Å². The minimum absolute atomic E-state index is 0.0125. The van der Waals surface area contributed by atoms with Crippen LogP contribution in [-0.2, 0) is 0 Å². The second-order valence-electron chi connectivity index (χ2n) is 4.50. The predicted octanol–water partition coefficient (Wildman–Crippen LogP) is 2.99. The molecule has 0 N–H and O–H groups in total. The number of hydrogen-bond acceptors (Lipinski definition) is 3. The minimum Gasteiger partial charge on any atom is -0.342 e. The third-order valence-corrected chi connectivity index (χ3v) is 3.16. The van der Waals surface area contributed by atoms with Crippen LogP contribution in [0.3, 0.4) is 0 Å². The lowest BCUT2D eigenvalue weighted by Gasteiger charge is -2.18. The number of hydrogen-bond donors (Lipinski definition) is 0. The Balaban J connectivity index is 2.94. The van der Waals surface area contributed by atoms with E-state index in [4.69, 9.17) is 11.6 Å². The van der Waals surface area contributed by atoms with Crippen molar-refractivity contribution in [3.05, 3.63) is 39.4 Å². The summed E-state index contributed by atoms with van der Waals surface area (Å²) in [5.41, 5.74) is 0.715. The molecule has 0 heterocycles. The second-order valence-corrected chi connectivity index (χ2v) is 5.25. The normalized spacial score (nSPS) is 12.0. The van der Waals surface area contributed by atoms with Crippen LogP contribution in [0.2, 0.25) is 0 Å². The number of benzene rings is 1. The molecule has 1 rings (SSSR count). The van der Waals surface area contributed by atoms with E-state index in [1.807, 2.05) is 6.92 Å². The van der Waals surface area contributed by atoms with Gasteiger partial charge in [-0.3, -0.25) is 14.9 Å². The van der Waals surface area contributed by atoms with Crippen LogP contribution in [-0.4, -0.2) is 34.7 Å². The number of nitro benzene ring substituents is 1. The van der Waals surface area contributed by atoms with Gasteiger partial charge in [-0.05, 0) is 26.3 Å². The van der Waals surface area contributed by atoms with Crippen LogP contribution in [0.1, 0.15) is 29.3 Å². The number of carbonyl (C=O) groups is 1. The molecule has 1 aromatic rings. The second kappa shape index (κ2) is 6.52. The third kappa shape index (κ3) is 3.92. The molecule has 0 aliphatic carbocycles. The van der Waals surface area contributed by atoms with Gasteiger partial charge in [-0.25, -0.2) is 0 Å². The summed E-state index contributed by atoms with van der Waals surface area (Å²) in [6.45, 7) is 3.97. The lowest BCUT2D eigenvalue weighted by atomic mass is 10.1. The van der Waals surface area contributed by atoms with E-state index in [1.54, 1.807) is 20.0 Å². The van der Waals surface area contributed by atoms with Crippen molar-refractivity contribution in [2.45, 2.75) is 25.6 Å². The SMILES string of the molecule is Cc1c(C(=O)N(C)CCC(C)Cl)cccc1[N+](=O)[O-]. The smallest absolute Gasteiger partial charge is 0.273 e. The molecule has 0 bridgehead atoms. The van der Waals surface area contributed by atoms with Crippen molar-refractivity contribution in [2.75, 3.05) is 13.6 Å². The molecule has 1 amide bonds. The van der Waals surface area contributed by atoms with Gasteiger partial charge in [0.25, 0.3) is 11.6 Å². The Morgan fingerprint density at radius 3 is 2.68 bits per heavy atom. The highest BCUT2D eigenvalue weighted by Crippen LogP contribution is 2.22. The van der Waals surface area contributed by atoms with Gasteiger partial charge < -0.3 is 4.90 Å². The number of amides is 1. The molecule has 0 saturated heterocycles. The van der Waals surface area contributed by atoms with E-state index in [0.29, 0.717) is 24.1 Å². The molecule has 5 nitrogen and oxygen atoms in total. The fourth-order valence-corrected chi connectivity index (χ4v) is 1.83. The molecule has 1 aromatic carbocycles. The fraction of sp³-hybridized carbons (Fsp3) is 0.462. The van der Waals surface area contributed by atoms with Crippen LogP contribution in [0.5, 0.6) is 0 Å². The van der Waals surface area contributed by atoms with Crippen LogP contribution in [0.15, 0.2) is 18.2 Å². The molecule has 104 valence electrons. The van der Waals surface area contributed by atoms with Crippen LogP contribution < -0.4 is 0 Å². The largest absolute Gasteiger partial charge is 0.342 e. The van der Waals surface area contributed by atoms with Crippen molar-refractivity contribution in [1.29, 1.82) is 0 Å². The zero-order valence-corrected chi connectivity index (χ0v) is 12.0. The molecule has 0 aliphatic heterocycles. The zero-order chi connectivity index (χ0) is 14.6. The summed E-state index contributed by atoms with van der Waals surface area (Å²) in [5.74, 6) is -0.224. The van der Waals surface area contributed by atoms with E-state index < -0.39 is 4.92 Å². The van der Waals surface area contributed by atoms with Gasteiger partial charge in [0.05, 0.1) is 4.92 Å². The maximum absolute atomic E-state index is 12.2. The van der Waals surface area contributed by atoms with E-state index in [0.717, 1.165) is 0 Å². The summed E-state index contributed by atoms with van der Waals surface area (Å²) in [7, 11) is 1.67. The Kier molecular flexibility index (Phi) is 5.30. The van der Waals surface area contributed by atoms with Crippen molar-refractivity contribution in [2.24, 2.45) is 0 Å². The Morgan fingerprint density at radius 1 is 1.53 bits per heavy atom. The van der Waals surface area contributed by atoms with Crippen LogP contribution in [0, 0.1) is 17.0 Å². The molecule has 1 unspecified atom stereocenters. The zero-order valence-electron chi connectivity index (χ0n) is 11.2. The first-order valence-electron chi connectivity index (χ1n) is 5.98. The van der Waals surface area contributed by atoms with Gasteiger partial charge in [0.2, 0.25) is 0 Å². The van der Waals surface area contributed by atoms with Crippen LogP contribution >= 0.6 is 11.6 Å². The molecular weight excluding hydrogens is 268 g/mol. The molecule has 1 atom stereocenters. The van der Waals surface area contributed by atoms with Gasteiger partial charge in [0.1, 0.15) is 0 Å². The number of nitrogens with zero attached hydrogens (tertiary/aromatic N) is 2. The van der Waals surface area contributed by atoms with E-state index >= 15 is 0 Å². The number of nitro groups is 1. The molecule has 0 aliphatic rings. The fourth-order valence-electron chi connectivity index (χ4n) is 1.73. The van der Waals surface area contributed by atoms with Crippen molar-refractivity contribution in [3.63, 3.8) is 0 Å². The molecule has 19 heavy (non-hydrogen) atoms. The Labute approximate surface area is 117 Å². The maximum Gasteiger partial charge on any atom is 0.273 e. The number of alkyl halides is 1. The van der Waals surface area contributed by atoms with Gasteiger partial charge >= 0.3 is 0 Å². The van der Waals surface area contributed by atoms with E-state index in [1.165, 1.54) is 17.0 Å². The highest BCUT2D eigenvalue weighted by Gasteiger charge is 2.20. The molecule has 6 heteroatoms. The Hall–Kier alpha value is -1.62. The summed E-state index contributed by atoms with van der Waals surface area (Å²) in [6.07, 6.45) is 0.678. The molecule has 0 fully saturated rings. The molecule has 0 saturated carbocycles. The summed E-state index contributed by atoms with van der Waals surface area (Å²) >= 11 is 5.84. The average molecular weight is 285 g/mol. The van der Waals surface area contributed by atoms with E-state index in [-0.39, 0.29) is 17.0 Å². The minimum atomic E-state index is -0.479. The third-order valence-electron chi connectivity index (χ3n) is 2.94. The number of rotatable bonds is 5. The first-order valence-corrected chi connectivity index (χ1v) is 6.41. The maximum atomic E-state index is 12.2. The molecule has 0 spiro atoms. The summed E-state index contributed by atoms with van der Waals surface area (Å²) < 4.78 is 0.